The van der Waals surface area contributed by atoms with E-state index in [1.807, 2.05) is 0 Å². The summed E-state index contributed by atoms with van der Waals surface area (Å²) in [6.07, 6.45) is 1.37. The number of hydrogen-bond donors (Lipinski definition) is 1. The van der Waals surface area contributed by atoms with Gasteiger partial charge in [0.25, 0.3) is 0 Å². The number of likely N-dealkylation sites (tertiary alicyclic amines) is 1. The second-order valence-electron chi connectivity index (χ2n) is 10.4. The maximum absolute atomic E-state index is 14.5. The van der Waals surface area contributed by atoms with Crippen molar-refractivity contribution in [3.63, 3.8) is 0 Å². The van der Waals surface area contributed by atoms with Gasteiger partial charge >= 0.3 is 0 Å². The van der Waals surface area contributed by atoms with Crippen molar-refractivity contribution in [2.24, 2.45) is 24.6 Å². The van der Waals surface area contributed by atoms with E-state index in [0.717, 1.165) is 0 Å². The molecule has 1 aliphatic carbocycles. The van der Waals surface area contributed by atoms with Gasteiger partial charge in [0.05, 0.1) is 43.5 Å². The third-order valence-corrected chi connectivity index (χ3v) is 8.47. The number of nitrogens with two attached hydrogens (primary N) is 1. The topological polar surface area (TPSA) is 141 Å². The number of nitrogens with zero attached hydrogens (tertiary/aromatic N) is 4. The molecule has 1 saturated carbocycles. The highest BCUT2D eigenvalue weighted by Gasteiger charge is 2.59. The number of amides is 2. The SMILES string of the molecule is COc1ccc(C2C(C(=O)c3ccc(C#N)cc3)C(c3c(C)nn(C)c3Cl)N(C(=O)C3CC3)C2C(N)=O)cc1OC. The zero-order valence-electron chi connectivity index (χ0n) is 23.1. The van der Waals surface area contributed by atoms with Gasteiger partial charge in [-0.15, -0.1) is 0 Å². The van der Waals surface area contributed by atoms with Crippen LogP contribution in [0, 0.1) is 30.1 Å². The number of ketones is 1. The first-order chi connectivity index (χ1) is 19.6. The predicted molar refractivity (Wildman–Crippen MR) is 150 cm³/mol. The Hall–Kier alpha value is -4.36. The Morgan fingerprint density at radius 3 is 2.24 bits per heavy atom. The molecule has 212 valence electrons. The summed E-state index contributed by atoms with van der Waals surface area (Å²) in [7, 11) is 4.68. The molecule has 11 heteroatoms. The van der Waals surface area contributed by atoms with Crippen LogP contribution in [0.5, 0.6) is 11.5 Å². The van der Waals surface area contributed by atoms with Crippen LogP contribution in [-0.4, -0.2) is 52.5 Å². The van der Waals surface area contributed by atoms with Gasteiger partial charge < -0.3 is 20.1 Å². The Morgan fingerprint density at radius 2 is 1.73 bits per heavy atom. The Labute approximate surface area is 242 Å². The number of carbonyl (C=O) groups is 3. The van der Waals surface area contributed by atoms with Gasteiger partial charge in [-0.3, -0.25) is 19.1 Å². The maximum atomic E-state index is 14.5. The van der Waals surface area contributed by atoms with E-state index in [1.165, 1.54) is 23.8 Å². The van der Waals surface area contributed by atoms with Gasteiger partial charge in [-0.25, -0.2) is 0 Å². The number of benzene rings is 2. The number of carbonyl (C=O) groups excluding carboxylic acids is 3. The molecule has 1 aromatic heterocycles. The molecule has 41 heavy (non-hydrogen) atoms. The number of primary amides is 1. The number of nitriles is 1. The zero-order valence-corrected chi connectivity index (χ0v) is 23.9. The number of hydrogen-bond acceptors (Lipinski definition) is 7. The van der Waals surface area contributed by atoms with Crippen LogP contribution in [0.2, 0.25) is 5.15 Å². The number of aromatic nitrogens is 2. The smallest absolute Gasteiger partial charge is 0.240 e. The van der Waals surface area contributed by atoms with Crippen LogP contribution in [0.1, 0.15) is 57.5 Å². The molecule has 0 bridgehead atoms. The van der Waals surface area contributed by atoms with Crippen molar-refractivity contribution in [1.82, 2.24) is 14.7 Å². The summed E-state index contributed by atoms with van der Waals surface area (Å²) in [6.45, 7) is 1.76. The molecule has 2 heterocycles. The minimum atomic E-state index is -1.16. The van der Waals surface area contributed by atoms with Crippen molar-refractivity contribution in [2.45, 2.75) is 37.8 Å². The third kappa shape index (κ3) is 4.80. The number of ether oxygens (including phenoxy) is 2. The van der Waals surface area contributed by atoms with Crippen LogP contribution in [-0.2, 0) is 16.6 Å². The second kappa shape index (κ2) is 10.9. The molecule has 3 aromatic rings. The van der Waals surface area contributed by atoms with Gasteiger partial charge in [-0.1, -0.05) is 29.8 Å². The lowest BCUT2D eigenvalue weighted by atomic mass is 9.76. The number of rotatable bonds is 8. The van der Waals surface area contributed by atoms with Crippen LogP contribution in [0.4, 0.5) is 0 Å². The molecule has 2 amide bonds. The van der Waals surface area contributed by atoms with Crippen molar-refractivity contribution in [3.8, 4) is 17.6 Å². The number of halogens is 1. The van der Waals surface area contributed by atoms with E-state index < -0.39 is 29.8 Å². The van der Waals surface area contributed by atoms with E-state index >= 15 is 0 Å². The Balaban J connectivity index is 1.79. The van der Waals surface area contributed by atoms with E-state index in [9.17, 15) is 19.6 Å². The molecular weight excluding hydrogens is 546 g/mol. The Kier molecular flexibility index (Phi) is 7.49. The van der Waals surface area contributed by atoms with E-state index in [4.69, 9.17) is 26.8 Å². The lowest BCUT2D eigenvalue weighted by molar-refractivity contribution is -0.140. The fourth-order valence-electron chi connectivity index (χ4n) is 6.00. The summed E-state index contributed by atoms with van der Waals surface area (Å²) in [5.74, 6) is -2.54. The summed E-state index contributed by atoms with van der Waals surface area (Å²) in [6, 6.07) is 11.4. The van der Waals surface area contributed by atoms with Crippen molar-refractivity contribution >= 4 is 29.2 Å². The maximum Gasteiger partial charge on any atom is 0.240 e. The highest BCUT2D eigenvalue weighted by Crippen LogP contribution is 2.55. The molecule has 2 aromatic carbocycles. The summed E-state index contributed by atoms with van der Waals surface area (Å²) in [4.78, 5) is 43.3. The van der Waals surface area contributed by atoms with Crippen LogP contribution < -0.4 is 15.2 Å². The van der Waals surface area contributed by atoms with Gasteiger partial charge in [0, 0.05) is 30.0 Å². The van der Waals surface area contributed by atoms with Gasteiger partial charge in [-0.05, 0) is 49.6 Å². The van der Waals surface area contributed by atoms with Gasteiger partial charge in [-0.2, -0.15) is 10.4 Å². The van der Waals surface area contributed by atoms with Crippen LogP contribution in [0.3, 0.4) is 0 Å². The Morgan fingerprint density at radius 1 is 1.07 bits per heavy atom. The fourth-order valence-corrected chi connectivity index (χ4v) is 6.29. The molecule has 5 rings (SSSR count). The minimum absolute atomic E-state index is 0.251. The molecule has 0 radical (unpaired) electrons. The first-order valence-electron chi connectivity index (χ1n) is 13.2. The summed E-state index contributed by atoms with van der Waals surface area (Å²) in [5.41, 5.74) is 8.39. The summed E-state index contributed by atoms with van der Waals surface area (Å²) >= 11 is 6.79. The fraction of sp³-hybridized carbons (Fsp3) is 0.367. The predicted octanol–water partition coefficient (Wildman–Crippen LogP) is 3.70. The molecule has 4 unspecified atom stereocenters. The first kappa shape index (κ1) is 28.2. The van der Waals surface area contributed by atoms with Gasteiger partial charge in [0.15, 0.2) is 17.3 Å². The molecule has 10 nitrogen and oxygen atoms in total. The standard InChI is InChI=1S/C30H30ClN5O5/c1-15-22(28(31)35(2)34-15)25-24(27(37)17-7-5-16(14-32)6-8-17)23(19-11-12-20(40-3)21(13-19)41-4)26(29(33)38)36(25)30(39)18-9-10-18/h5-8,11-13,18,23-26H,9-10H2,1-4H3,(H2,33,38). The lowest BCUT2D eigenvalue weighted by Crippen LogP contribution is -2.47. The Bertz CT molecular complexity index is 1570. The molecule has 2 N–H and O–H groups in total. The number of methoxy groups -OCH3 is 2. The van der Waals surface area contributed by atoms with Gasteiger partial charge in [0.1, 0.15) is 11.2 Å². The zero-order chi connectivity index (χ0) is 29.6. The molecular formula is C30H30ClN5O5. The lowest BCUT2D eigenvalue weighted by Gasteiger charge is -2.31. The van der Waals surface area contributed by atoms with E-state index in [2.05, 4.69) is 11.2 Å². The van der Waals surface area contributed by atoms with Crippen LogP contribution in [0.15, 0.2) is 42.5 Å². The molecule has 2 fully saturated rings. The molecule has 1 aliphatic heterocycles. The minimum Gasteiger partial charge on any atom is -0.493 e. The summed E-state index contributed by atoms with van der Waals surface area (Å²) < 4.78 is 12.4. The average Bonchev–Trinajstić information content (AvgIpc) is 3.72. The van der Waals surface area contributed by atoms with Gasteiger partial charge in [0.2, 0.25) is 11.8 Å². The van der Waals surface area contributed by atoms with E-state index in [-0.39, 0.29) is 22.8 Å². The number of Topliss-reactive ketones (excluding diaryl/α,β-unsaturated/α-hetero) is 1. The molecule has 1 saturated heterocycles. The second-order valence-corrected chi connectivity index (χ2v) is 10.8. The number of aryl methyl sites for hydroxylation is 2. The normalized spacial score (nSPS) is 21.8. The van der Waals surface area contributed by atoms with Crippen molar-refractivity contribution in [1.29, 1.82) is 5.26 Å². The van der Waals surface area contributed by atoms with Crippen LogP contribution in [0.25, 0.3) is 0 Å². The third-order valence-electron chi connectivity index (χ3n) is 8.02. The van der Waals surface area contributed by atoms with Crippen molar-refractivity contribution < 1.29 is 23.9 Å². The highest BCUT2D eigenvalue weighted by molar-refractivity contribution is 6.30. The quantitative estimate of drug-likeness (QED) is 0.404. The van der Waals surface area contributed by atoms with E-state index in [1.54, 1.807) is 56.4 Å². The molecule has 0 spiro atoms. The van der Waals surface area contributed by atoms with Crippen molar-refractivity contribution in [2.75, 3.05) is 14.2 Å². The summed E-state index contributed by atoms with van der Waals surface area (Å²) in [5, 5.41) is 14.0. The average molecular weight is 576 g/mol. The van der Waals surface area contributed by atoms with Crippen LogP contribution >= 0.6 is 11.6 Å². The monoisotopic (exact) mass is 575 g/mol. The molecule has 2 aliphatic rings. The van der Waals surface area contributed by atoms with Crippen molar-refractivity contribution in [3.05, 3.63) is 75.6 Å². The highest BCUT2D eigenvalue weighted by atomic mass is 35.5. The largest absolute Gasteiger partial charge is 0.493 e. The first-order valence-corrected chi connectivity index (χ1v) is 13.6. The van der Waals surface area contributed by atoms with E-state index in [0.29, 0.717) is 52.3 Å². The molecule has 4 atom stereocenters.